The topological polar surface area (TPSA) is 129 Å². The van der Waals surface area contributed by atoms with Gasteiger partial charge in [-0.3, -0.25) is 9.88 Å². The van der Waals surface area contributed by atoms with E-state index in [-0.39, 0.29) is 5.60 Å². The van der Waals surface area contributed by atoms with Crippen LogP contribution in [0.3, 0.4) is 0 Å². The molecule has 1 unspecified atom stereocenters. The summed E-state index contributed by atoms with van der Waals surface area (Å²) in [4.78, 5) is 26.8. The van der Waals surface area contributed by atoms with Crippen molar-refractivity contribution in [3.05, 3.63) is 35.6 Å². The number of hydrogen-bond donors (Lipinski definition) is 2. The number of piperidine rings is 1. The van der Waals surface area contributed by atoms with Gasteiger partial charge < -0.3 is 19.8 Å². The van der Waals surface area contributed by atoms with Crippen LogP contribution in [-0.4, -0.2) is 93.0 Å². The van der Waals surface area contributed by atoms with Crippen LogP contribution in [0.25, 0.3) is 0 Å². The van der Waals surface area contributed by atoms with Crippen LogP contribution in [0.1, 0.15) is 18.4 Å². The Morgan fingerprint density at radius 1 is 1.08 bits per heavy atom. The monoisotopic (exact) mass is 559 g/mol. The lowest BCUT2D eigenvalue weighted by Gasteiger charge is -2.48. The fraction of sp³-hybridized carbons (Fsp3) is 0.550. The maximum atomic E-state index is 10.6. The summed E-state index contributed by atoms with van der Waals surface area (Å²) in [6, 6.07) is 4.15. The van der Waals surface area contributed by atoms with Gasteiger partial charge in [-0.25, -0.2) is 9.59 Å². The Balaban J connectivity index is 0.000000286. The lowest BCUT2D eigenvalue weighted by atomic mass is 9.91. The van der Waals surface area contributed by atoms with Crippen LogP contribution in [-0.2, 0) is 20.9 Å². The standard InChI is InChI=1S/C16H21N5OS.2C2HF3O2/c1-3-14(9-17-5-1)10-20-7-8-22-16(11-20)4-2-6-21(12-16)15-19-18-13-23-15;2*3-2(4,5)1(6)7/h1,3,5,9,13H,2,4,6-8,10-12H2;2*(H,6,7). The van der Waals surface area contributed by atoms with Gasteiger partial charge in [0.25, 0.3) is 0 Å². The Labute approximate surface area is 210 Å². The molecule has 37 heavy (non-hydrogen) atoms. The van der Waals surface area contributed by atoms with Gasteiger partial charge in [-0.05, 0) is 24.5 Å². The molecule has 4 rings (SSSR count). The number of nitrogens with zero attached hydrogens (tertiary/aromatic N) is 5. The first-order chi connectivity index (χ1) is 17.2. The zero-order valence-electron chi connectivity index (χ0n) is 19.1. The van der Waals surface area contributed by atoms with Crippen molar-refractivity contribution in [2.24, 2.45) is 0 Å². The largest absolute Gasteiger partial charge is 0.490 e. The van der Waals surface area contributed by atoms with E-state index in [1.54, 1.807) is 16.8 Å². The van der Waals surface area contributed by atoms with Crippen molar-refractivity contribution >= 4 is 28.4 Å². The number of morpholine rings is 1. The molecule has 2 N–H and O–H groups in total. The number of hydrogen-bond acceptors (Lipinski definition) is 9. The molecule has 0 amide bonds. The molecule has 10 nitrogen and oxygen atoms in total. The number of alkyl halides is 6. The second kappa shape index (κ2) is 13.0. The number of aliphatic carboxylic acids is 2. The van der Waals surface area contributed by atoms with Crippen LogP contribution < -0.4 is 4.90 Å². The normalized spacial score (nSPS) is 20.3. The molecule has 1 spiro atoms. The highest BCUT2D eigenvalue weighted by molar-refractivity contribution is 7.13. The van der Waals surface area contributed by atoms with E-state index in [2.05, 4.69) is 31.0 Å². The molecule has 1 atom stereocenters. The number of rotatable bonds is 3. The number of aromatic nitrogens is 3. The van der Waals surface area contributed by atoms with Gasteiger partial charge in [0.05, 0.1) is 18.8 Å². The van der Waals surface area contributed by atoms with Gasteiger partial charge in [-0.1, -0.05) is 17.4 Å². The first kappa shape index (κ1) is 30.2. The molecule has 4 heterocycles. The summed E-state index contributed by atoms with van der Waals surface area (Å²) >= 11 is 1.61. The Kier molecular flexibility index (Phi) is 10.6. The quantitative estimate of drug-likeness (QED) is 0.542. The van der Waals surface area contributed by atoms with E-state index in [9.17, 15) is 26.3 Å². The highest BCUT2D eigenvalue weighted by atomic mass is 32.1. The molecule has 206 valence electrons. The number of anilines is 1. The van der Waals surface area contributed by atoms with Crippen molar-refractivity contribution in [1.82, 2.24) is 20.1 Å². The number of halogens is 6. The summed E-state index contributed by atoms with van der Waals surface area (Å²) in [5.41, 5.74) is 2.98. The molecule has 0 aliphatic carbocycles. The zero-order valence-corrected chi connectivity index (χ0v) is 19.9. The van der Waals surface area contributed by atoms with Crippen LogP contribution >= 0.6 is 11.3 Å². The molecule has 0 radical (unpaired) electrons. The highest BCUT2D eigenvalue weighted by Crippen LogP contribution is 2.32. The average molecular weight is 559 g/mol. The molecule has 2 aromatic heterocycles. The summed E-state index contributed by atoms with van der Waals surface area (Å²) in [6.45, 7) is 5.64. The smallest absolute Gasteiger partial charge is 0.475 e. The third-order valence-electron chi connectivity index (χ3n) is 5.10. The Hall–Kier alpha value is -3.05. The third kappa shape index (κ3) is 10.1. The van der Waals surface area contributed by atoms with E-state index >= 15 is 0 Å². The van der Waals surface area contributed by atoms with Gasteiger partial charge in [-0.15, -0.1) is 10.2 Å². The average Bonchev–Trinajstić information content (AvgIpc) is 3.35. The molecule has 0 bridgehead atoms. The van der Waals surface area contributed by atoms with Gasteiger partial charge in [0, 0.05) is 38.6 Å². The molecule has 0 saturated carbocycles. The van der Waals surface area contributed by atoms with Crippen LogP contribution in [0.4, 0.5) is 31.5 Å². The lowest BCUT2D eigenvalue weighted by molar-refractivity contribution is -0.193. The van der Waals surface area contributed by atoms with Crippen molar-refractivity contribution in [1.29, 1.82) is 0 Å². The minimum Gasteiger partial charge on any atom is -0.475 e. The highest BCUT2D eigenvalue weighted by Gasteiger charge is 2.41. The Morgan fingerprint density at radius 2 is 1.73 bits per heavy atom. The maximum Gasteiger partial charge on any atom is 0.490 e. The molecule has 2 aromatic rings. The number of carbonyl (C=O) groups is 2. The van der Waals surface area contributed by atoms with Crippen molar-refractivity contribution in [2.45, 2.75) is 37.3 Å². The van der Waals surface area contributed by atoms with Gasteiger partial charge in [-0.2, -0.15) is 26.3 Å². The molecule has 2 aliphatic rings. The van der Waals surface area contributed by atoms with Crippen molar-refractivity contribution in [3.63, 3.8) is 0 Å². The zero-order chi connectivity index (χ0) is 27.7. The van der Waals surface area contributed by atoms with Gasteiger partial charge >= 0.3 is 24.3 Å². The predicted molar refractivity (Wildman–Crippen MR) is 117 cm³/mol. The van der Waals surface area contributed by atoms with Gasteiger partial charge in [0.15, 0.2) is 0 Å². The second-order valence-corrected chi connectivity index (χ2v) is 8.77. The van der Waals surface area contributed by atoms with Crippen molar-refractivity contribution in [2.75, 3.05) is 37.7 Å². The molecule has 2 saturated heterocycles. The first-order valence-electron chi connectivity index (χ1n) is 10.6. The fourth-order valence-electron chi connectivity index (χ4n) is 3.62. The molecule has 0 aromatic carbocycles. The summed E-state index contributed by atoms with van der Waals surface area (Å²) in [7, 11) is 0. The third-order valence-corrected chi connectivity index (χ3v) is 5.85. The molecular weight excluding hydrogens is 536 g/mol. The van der Waals surface area contributed by atoms with Crippen molar-refractivity contribution < 1.29 is 50.9 Å². The Bertz CT molecular complexity index is 968. The maximum absolute atomic E-state index is 10.6. The molecule has 17 heteroatoms. The lowest BCUT2D eigenvalue weighted by Crippen LogP contribution is -2.59. The van der Waals surface area contributed by atoms with E-state index in [1.165, 1.54) is 5.56 Å². The first-order valence-corrected chi connectivity index (χ1v) is 11.5. The number of carboxylic acid groups (broad SMARTS) is 2. The van der Waals surface area contributed by atoms with E-state index in [4.69, 9.17) is 24.5 Å². The summed E-state index contributed by atoms with van der Waals surface area (Å²) in [5, 5.41) is 23.5. The summed E-state index contributed by atoms with van der Waals surface area (Å²) in [6.07, 6.45) is -4.13. The SMILES string of the molecule is O=C(O)C(F)(F)F.O=C(O)C(F)(F)F.c1cncc(CN2CCOC3(CCCN(c4nncs4)C3)C2)c1. The van der Waals surface area contributed by atoms with Crippen molar-refractivity contribution in [3.8, 4) is 0 Å². The van der Waals surface area contributed by atoms with E-state index in [0.717, 1.165) is 57.3 Å². The van der Waals surface area contributed by atoms with E-state index in [1.807, 2.05) is 18.5 Å². The van der Waals surface area contributed by atoms with Crippen LogP contribution in [0, 0.1) is 0 Å². The number of carboxylic acids is 2. The van der Waals surface area contributed by atoms with Crippen LogP contribution in [0.2, 0.25) is 0 Å². The minimum atomic E-state index is -5.08. The summed E-state index contributed by atoms with van der Waals surface area (Å²) < 4.78 is 69.7. The molecule has 2 fully saturated rings. The molecule has 2 aliphatic heterocycles. The minimum absolute atomic E-state index is 0.0790. The van der Waals surface area contributed by atoms with Gasteiger partial charge in [0.2, 0.25) is 5.13 Å². The summed E-state index contributed by atoms with van der Waals surface area (Å²) in [5.74, 6) is -5.51. The van der Waals surface area contributed by atoms with Crippen LogP contribution in [0.5, 0.6) is 0 Å². The van der Waals surface area contributed by atoms with E-state index in [0.29, 0.717) is 0 Å². The fourth-order valence-corrected chi connectivity index (χ4v) is 4.21. The van der Waals surface area contributed by atoms with Gasteiger partial charge in [0.1, 0.15) is 5.51 Å². The molecular formula is C20H23F6N5O5S. The Morgan fingerprint density at radius 3 is 2.24 bits per heavy atom. The number of pyridine rings is 1. The second-order valence-electron chi connectivity index (χ2n) is 7.96. The number of ether oxygens (including phenoxy) is 1. The van der Waals surface area contributed by atoms with Crippen LogP contribution in [0.15, 0.2) is 30.0 Å². The van der Waals surface area contributed by atoms with E-state index < -0.39 is 24.3 Å². The predicted octanol–water partition coefficient (Wildman–Crippen LogP) is 3.07.